The Morgan fingerprint density at radius 3 is 2.59 bits per heavy atom. The molecule has 0 saturated heterocycles. The molecule has 0 aliphatic rings. The third-order valence-corrected chi connectivity index (χ3v) is 3.15. The number of rotatable bonds is 6. The Kier molecular flexibility index (Phi) is 5.69. The van der Waals surface area contributed by atoms with Crippen LogP contribution in [0.4, 0.5) is 5.82 Å². The number of aromatic nitrogens is 2. The Morgan fingerprint density at radius 1 is 1.35 bits per heavy atom. The largest absolute Gasteiger partial charge is 0.354 e. The predicted octanol–water partition coefficient (Wildman–Crippen LogP) is 3.84. The minimum atomic E-state index is 0.338. The number of anilines is 1. The fourth-order valence-electron chi connectivity index (χ4n) is 1.77. The fraction of sp³-hybridized carbons (Fsp3) is 0.692. The molecule has 96 valence electrons. The molecule has 0 bridgehead atoms. The van der Waals surface area contributed by atoms with E-state index in [2.05, 4.69) is 35.6 Å². The van der Waals surface area contributed by atoms with E-state index < -0.39 is 0 Å². The lowest BCUT2D eigenvalue weighted by atomic mass is 10.2. The number of aryl methyl sites for hydroxylation is 1. The van der Waals surface area contributed by atoms with Crippen LogP contribution in [0.1, 0.15) is 45.7 Å². The Labute approximate surface area is 109 Å². The fourth-order valence-corrected chi connectivity index (χ4v) is 1.99. The number of halogens is 1. The molecule has 1 heterocycles. The first-order chi connectivity index (χ1) is 8.08. The molecule has 17 heavy (non-hydrogen) atoms. The average molecular weight is 256 g/mol. The summed E-state index contributed by atoms with van der Waals surface area (Å²) in [6.07, 6.45) is 3.46. The van der Waals surface area contributed by atoms with Gasteiger partial charge in [0.15, 0.2) is 0 Å². The Bertz CT molecular complexity index is 334. The summed E-state index contributed by atoms with van der Waals surface area (Å²) >= 11 is 5.93. The van der Waals surface area contributed by atoms with E-state index in [-0.39, 0.29) is 0 Å². The summed E-state index contributed by atoms with van der Waals surface area (Å²) in [4.78, 5) is 10.8. The maximum absolute atomic E-state index is 5.93. The zero-order chi connectivity index (χ0) is 12.8. The van der Waals surface area contributed by atoms with E-state index >= 15 is 0 Å². The Morgan fingerprint density at radius 2 is 2.06 bits per heavy atom. The van der Waals surface area contributed by atoms with Crippen LogP contribution in [0.25, 0.3) is 0 Å². The summed E-state index contributed by atoms with van der Waals surface area (Å²) in [7, 11) is 0. The van der Waals surface area contributed by atoms with Crippen molar-refractivity contribution in [3.8, 4) is 0 Å². The molecular formula is C13H22ClN3. The lowest BCUT2D eigenvalue weighted by molar-refractivity contribution is 0.589. The van der Waals surface area contributed by atoms with Crippen LogP contribution in [0.5, 0.6) is 0 Å². The molecule has 0 aromatic carbocycles. The van der Waals surface area contributed by atoms with E-state index in [9.17, 15) is 0 Å². The Balaban J connectivity index is 2.94. The summed E-state index contributed by atoms with van der Waals surface area (Å²) < 4.78 is 0. The lowest BCUT2D eigenvalue weighted by Gasteiger charge is -2.29. The van der Waals surface area contributed by atoms with Gasteiger partial charge < -0.3 is 4.90 Å². The first-order valence-electron chi connectivity index (χ1n) is 6.36. The van der Waals surface area contributed by atoms with Crippen molar-refractivity contribution >= 4 is 17.4 Å². The highest BCUT2D eigenvalue weighted by atomic mass is 35.5. The van der Waals surface area contributed by atoms with E-state index in [0.717, 1.165) is 24.5 Å². The van der Waals surface area contributed by atoms with Gasteiger partial charge >= 0.3 is 0 Å². The summed E-state index contributed by atoms with van der Waals surface area (Å²) in [5.74, 6) is 0.949. The van der Waals surface area contributed by atoms with Gasteiger partial charge in [0, 0.05) is 24.3 Å². The van der Waals surface area contributed by atoms with Crippen LogP contribution in [0, 0.1) is 6.92 Å². The summed E-state index contributed by atoms with van der Waals surface area (Å²) in [6.45, 7) is 9.59. The van der Waals surface area contributed by atoms with Crippen molar-refractivity contribution in [2.24, 2.45) is 0 Å². The molecule has 0 spiro atoms. The summed E-state index contributed by atoms with van der Waals surface area (Å²) in [6, 6.07) is 2.49. The standard InChI is InChI=1S/C13H22ClN3/c1-5-7-8-17(11(4)6-2)12-9-10(3)15-13(14)16-12/h9,11H,5-8H2,1-4H3. The second-order valence-corrected chi connectivity index (χ2v) is 4.78. The highest BCUT2D eigenvalue weighted by molar-refractivity contribution is 6.28. The van der Waals surface area contributed by atoms with Gasteiger partial charge in [0.25, 0.3) is 0 Å². The molecule has 0 radical (unpaired) electrons. The second-order valence-electron chi connectivity index (χ2n) is 4.44. The van der Waals surface area contributed by atoms with Crippen molar-refractivity contribution in [3.63, 3.8) is 0 Å². The molecule has 0 amide bonds. The smallest absolute Gasteiger partial charge is 0.224 e. The van der Waals surface area contributed by atoms with Gasteiger partial charge in [-0.1, -0.05) is 20.3 Å². The van der Waals surface area contributed by atoms with Gasteiger partial charge in [-0.2, -0.15) is 0 Å². The molecule has 1 aromatic rings. The highest BCUT2D eigenvalue weighted by Crippen LogP contribution is 2.19. The van der Waals surface area contributed by atoms with Crippen LogP contribution in [0.15, 0.2) is 6.07 Å². The molecule has 0 fully saturated rings. The molecule has 3 nitrogen and oxygen atoms in total. The van der Waals surface area contributed by atoms with Gasteiger partial charge in [0.05, 0.1) is 0 Å². The van der Waals surface area contributed by atoms with Crippen molar-refractivity contribution in [2.75, 3.05) is 11.4 Å². The number of nitrogens with zero attached hydrogens (tertiary/aromatic N) is 3. The first kappa shape index (κ1) is 14.2. The molecule has 1 rings (SSSR count). The SMILES string of the molecule is CCCCN(c1cc(C)nc(Cl)n1)C(C)CC. The van der Waals surface area contributed by atoms with Crippen molar-refractivity contribution < 1.29 is 0 Å². The van der Waals surface area contributed by atoms with E-state index in [1.807, 2.05) is 13.0 Å². The molecule has 0 N–H and O–H groups in total. The van der Waals surface area contributed by atoms with E-state index in [4.69, 9.17) is 11.6 Å². The van der Waals surface area contributed by atoms with Gasteiger partial charge in [0.2, 0.25) is 5.28 Å². The summed E-state index contributed by atoms with van der Waals surface area (Å²) in [5.41, 5.74) is 0.921. The van der Waals surface area contributed by atoms with Crippen LogP contribution < -0.4 is 4.90 Å². The molecule has 4 heteroatoms. The molecule has 0 aliphatic heterocycles. The Hall–Kier alpha value is -0.830. The molecule has 1 unspecified atom stereocenters. The molecule has 0 saturated carbocycles. The predicted molar refractivity (Wildman–Crippen MR) is 73.8 cm³/mol. The molecule has 1 aromatic heterocycles. The number of hydrogen-bond acceptors (Lipinski definition) is 3. The van der Waals surface area contributed by atoms with Crippen LogP contribution in [-0.4, -0.2) is 22.6 Å². The quantitative estimate of drug-likeness (QED) is 0.723. The zero-order valence-corrected chi connectivity index (χ0v) is 12.0. The van der Waals surface area contributed by atoms with E-state index in [0.29, 0.717) is 11.3 Å². The van der Waals surface area contributed by atoms with Crippen LogP contribution in [0.2, 0.25) is 5.28 Å². The maximum Gasteiger partial charge on any atom is 0.224 e. The third kappa shape index (κ3) is 4.15. The minimum absolute atomic E-state index is 0.338. The van der Waals surface area contributed by atoms with E-state index in [1.165, 1.54) is 12.8 Å². The normalized spacial score (nSPS) is 12.5. The monoisotopic (exact) mass is 255 g/mol. The molecule has 1 atom stereocenters. The number of unbranched alkanes of at least 4 members (excludes halogenated alkanes) is 1. The van der Waals surface area contributed by atoms with Gasteiger partial charge in [0.1, 0.15) is 5.82 Å². The second kappa shape index (κ2) is 6.80. The minimum Gasteiger partial charge on any atom is -0.354 e. The van der Waals surface area contributed by atoms with Crippen molar-refractivity contribution in [3.05, 3.63) is 17.0 Å². The number of hydrogen-bond donors (Lipinski definition) is 0. The van der Waals surface area contributed by atoms with Crippen molar-refractivity contribution in [1.29, 1.82) is 0 Å². The van der Waals surface area contributed by atoms with Gasteiger partial charge in [-0.15, -0.1) is 0 Å². The third-order valence-electron chi connectivity index (χ3n) is 2.98. The lowest BCUT2D eigenvalue weighted by Crippen LogP contribution is -2.34. The van der Waals surface area contributed by atoms with Crippen LogP contribution in [0.3, 0.4) is 0 Å². The van der Waals surface area contributed by atoms with Gasteiger partial charge in [-0.25, -0.2) is 9.97 Å². The molecule has 0 aliphatic carbocycles. The average Bonchev–Trinajstić information content (AvgIpc) is 2.28. The van der Waals surface area contributed by atoms with Gasteiger partial charge in [-0.05, 0) is 38.3 Å². The van der Waals surface area contributed by atoms with E-state index in [1.54, 1.807) is 0 Å². The van der Waals surface area contributed by atoms with Crippen LogP contribution >= 0.6 is 11.6 Å². The zero-order valence-electron chi connectivity index (χ0n) is 11.2. The molecular weight excluding hydrogens is 234 g/mol. The van der Waals surface area contributed by atoms with Crippen LogP contribution in [-0.2, 0) is 0 Å². The maximum atomic E-state index is 5.93. The highest BCUT2D eigenvalue weighted by Gasteiger charge is 2.14. The van der Waals surface area contributed by atoms with Crippen molar-refractivity contribution in [2.45, 2.75) is 53.0 Å². The first-order valence-corrected chi connectivity index (χ1v) is 6.74. The summed E-state index contributed by atoms with van der Waals surface area (Å²) in [5, 5.41) is 0.338. The topological polar surface area (TPSA) is 29.0 Å². The van der Waals surface area contributed by atoms with Gasteiger partial charge in [-0.3, -0.25) is 0 Å². The van der Waals surface area contributed by atoms with Crippen molar-refractivity contribution in [1.82, 2.24) is 9.97 Å².